The average Bonchev–Trinajstić information content (AvgIpc) is 3.41. The van der Waals surface area contributed by atoms with Crippen molar-refractivity contribution >= 4 is 17.2 Å². The van der Waals surface area contributed by atoms with Gasteiger partial charge in [0.2, 0.25) is 0 Å². The Balaban J connectivity index is 1.25. The first-order valence-electron chi connectivity index (χ1n) is 9.77. The van der Waals surface area contributed by atoms with E-state index >= 15 is 0 Å². The number of rotatable bonds is 5. The second-order valence-electron chi connectivity index (χ2n) is 8.16. The molecule has 3 aliphatic rings. The van der Waals surface area contributed by atoms with E-state index in [-0.39, 0.29) is 11.5 Å². The largest absolute Gasteiger partial charge is 0.370 e. The van der Waals surface area contributed by atoms with Crippen molar-refractivity contribution in [1.82, 2.24) is 15.2 Å². The number of pyridine rings is 1. The van der Waals surface area contributed by atoms with Crippen LogP contribution in [0.4, 0.5) is 0 Å². The summed E-state index contributed by atoms with van der Waals surface area (Å²) >= 11 is 1.89. The van der Waals surface area contributed by atoms with Crippen LogP contribution < -0.4 is 5.32 Å². The van der Waals surface area contributed by atoms with Gasteiger partial charge in [0.05, 0.1) is 11.7 Å². The molecule has 1 amide bonds. The third kappa shape index (κ3) is 3.10. The van der Waals surface area contributed by atoms with Gasteiger partial charge in [-0.25, -0.2) is 0 Å². The summed E-state index contributed by atoms with van der Waals surface area (Å²) in [6.07, 6.45) is 5.91. The lowest BCUT2D eigenvalue weighted by Crippen LogP contribution is -2.41. The lowest BCUT2D eigenvalue weighted by Gasteiger charge is -2.29. The number of aromatic nitrogens is 1. The van der Waals surface area contributed by atoms with E-state index in [9.17, 15) is 4.79 Å². The molecule has 1 N–H and O–H groups in total. The summed E-state index contributed by atoms with van der Waals surface area (Å²) in [4.78, 5) is 21.7. The summed E-state index contributed by atoms with van der Waals surface area (Å²) in [5.41, 5.74) is 0.688. The highest BCUT2D eigenvalue weighted by atomic mass is 32.1. The third-order valence-electron chi connectivity index (χ3n) is 6.47. The summed E-state index contributed by atoms with van der Waals surface area (Å²) in [6, 6.07) is 7.97. The van der Waals surface area contributed by atoms with Crippen LogP contribution in [0.15, 0.2) is 36.7 Å². The Morgan fingerprint density at radius 3 is 3.00 bits per heavy atom. The van der Waals surface area contributed by atoms with Crippen molar-refractivity contribution in [3.8, 4) is 0 Å². The number of fused-ring (bicyclic) bond motifs is 1. The molecule has 2 bridgehead atoms. The van der Waals surface area contributed by atoms with Crippen LogP contribution in [0, 0.1) is 18.8 Å². The molecule has 5 heterocycles. The normalized spacial score (nSPS) is 32.0. The molecular formula is C21H25N3O2S. The molecule has 2 aromatic rings. The SMILES string of the molecule is Cc1ccc(CN2C[C@@H]3[C@H](CNC(=O)c4ccncc4)[C@H]4CC[C@]3(C2)O4)s1. The summed E-state index contributed by atoms with van der Waals surface area (Å²) in [6.45, 7) is 5.98. The molecule has 6 heteroatoms. The van der Waals surface area contributed by atoms with E-state index < -0.39 is 0 Å². The number of likely N-dealkylation sites (tertiary alicyclic amines) is 1. The number of amides is 1. The van der Waals surface area contributed by atoms with Crippen LogP contribution in [0.5, 0.6) is 0 Å². The standard InChI is InChI=1S/C21H25N3O2S/c1-14-2-3-16(27-14)11-24-12-18-17(19-4-7-21(18,13-24)26-19)10-23-20(25)15-5-8-22-9-6-15/h2-3,5-6,8-9,17-19H,4,7,10-13H2,1H3,(H,23,25)/t17-,18+,19+,21+/m0/s1. The molecule has 0 aromatic carbocycles. The molecule has 142 valence electrons. The van der Waals surface area contributed by atoms with Crippen LogP contribution in [-0.4, -0.2) is 47.1 Å². The van der Waals surface area contributed by atoms with E-state index in [2.05, 4.69) is 34.3 Å². The Kier molecular flexibility index (Phi) is 4.30. The molecule has 3 fully saturated rings. The zero-order chi connectivity index (χ0) is 18.4. The van der Waals surface area contributed by atoms with Crippen molar-refractivity contribution in [2.75, 3.05) is 19.6 Å². The number of hydrogen-bond donors (Lipinski definition) is 1. The van der Waals surface area contributed by atoms with E-state index in [1.165, 1.54) is 9.75 Å². The lowest BCUT2D eigenvalue weighted by molar-refractivity contribution is 0.00219. The maximum atomic E-state index is 12.4. The first-order chi connectivity index (χ1) is 13.1. The molecule has 27 heavy (non-hydrogen) atoms. The molecule has 1 spiro atoms. The van der Waals surface area contributed by atoms with E-state index in [4.69, 9.17) is 4.74 Å². The van der Waals surface area contributed by atoms with E-state index in [1.807, 2.05) is 11.3 Å². The number of thiophene rings is 1. The van der Waals surface area contributed by atoms with Gasteiger partial charge in [-0.15, -0.1) is 11.3 Å². The maximum Gasteiger partial charge on any atom is 0.251 e. The van der Waals surface area contributed by atoms with Crippen LogP contribution in [0.25, 0.3) is 0 Å². The van der Waals surface area contributed by atoms with Gasteiger partial charge < -0.3 is 10.1 Å². The van der Waals surface area contributed by atoms with Crippen molar-refractivity contribution in [1.29, 1.82) is 0 Å². The Hall–Kier alpha value is -1.76. The van der Waals surface area contributed by atoms with Crippen molar-refractivity contribution < 1.29 is 9.53 Å². The second kappa shape index (κ2) is 6.69. The third-order valence-corrected chi connectivity index (χ3v) is 7.46. The van der Waals surface area contributed by atoms with Crippen LogP contribution in [-0.2, 0) is 11.3 Å². The number of aryl methyl sites for hydroxylation is 1. The number of nitrogens with zero attached hydrogens (tertiary/aromatic N) is 2. The summed E-state index contributed by atoms with van der Waals surface area (Å²) in [5.74, 6) is 0.924. The summed E-state index contributed by atoms with van der Waals surface area (Å²) in [5, 5.41) is 3.14. The van der Waals surface area contributed by atoms with Crippen molar-refractivity contribution in [3.05, 3.63) is 52.0 Å². The summed E-state index contributed by atoms with van der Waals surface area (Å²) < 4.78 is 6.51. The zero-order valence-electron chi connectivity index (χ0n) is 15.6. The van der Waals surface area contributed by atoms with Gasteiger partial charge >= 0.3 is 0 Å². The predicted octanol–water partition coefficient (Wildman–Crippen LogP) is 2.86. The number of nitrogens with one attached hydrogen (secondary N) is 1. The molecule has 0 unspecified atom stereocenters. The highest BCUT2D eigenvalue weighted by Gasteiger charge is 2.62. The Bertz CT molecular complexity index is 839. The lowest BCUT2D eigenvalue weighted by atomic mass is 9.73. The van der Waals surface area contributed by atoms with E-state index in [0.29, 0.717) is 30.0 Å². The van der Waals surface area contributed by atoms with Gasteiger partial charge in [0.1, 0.15) is 0 Å². The van der Waals surface area contributed by atoms with Crippen LogP contribution >= 0.6 is 11.3 Å². The zero-order valence-corrected chi connectivity index (χ0v) is 16.4. The molecule has 3 aliphatic heterocycles. The molecule has 5 rings (SSSR count). The first-order valence-corrected chi connectivity index (χ1v) is 10.6. The molecule has 4 atom stereocenters. The second-order valence-corrected chi connectivity index (χ2v) is 9.53. The molecular weight excluding hydrogens is 358 g/mol. The minimum Gasteiger partial charge on any atom is -0.370 e. The van der Waals surface area contributed by atoms with Crippen molar-refractivity contribution in [3.63, 3.8) is 0 Å². The topological polar surface area (TPSA) is 54.5 Å². The monoisotopic (exact) mass is 383 g/mol. The Morgan fingerprint density at radius 2 is 2.22 bits per heavy atom. The molecule has 0 saturated carbocycles. The quantitative estimate of drug-likeness (QED) is 0.863. The van der Waals surface area contributed by atoms with Gasteiger partial charge in [-0.2, -0.15) is 0 Å². The maximum absolute atomic E-state index is 12.4. The van der Waals surface area contributed by atoms with Crippen LogP contribution in [0.1, 0.15) is 33.0 Å². The number of carbonyl (C=O) groups excluding carboxylic acids is 1. The highest BCUT2D eigenvalue weighted by Crippen LogP contribution is 2.54. The van der Waals surface area contributed by atoms with Crippen molar-refractivity contribution in [2.45, 2.75) is 38.0 Å². The van der Waals surface area contributed by atoms with Gasteiger partial charge in [0.15, 0.2) is 0 Å². The van der Waals surface area contributed by atoms with Gasteiger partial charge in [0.25, 0.3) is 5.91 Å². The molecule has 3 saturated heterocycles. The Labute approximate surface area is 163 Å². The van der Waals surface area contributed by atoms with Crippen LogP contribution in [0.2, 0.25) is 0 Å². The van der Waals surface area contributed by atoms with Crippen LogP contribution in [0.3, 0.4) is 0 Å². The van der Waals surface area contributed by atoms with Gasteiger partial charge in [-0.3, -0.25) is 14.7 Å². The van der Waals surface area contributed by atoms with Gasteiger partial charge in [0, 0.05) is 65.7 Å². The fourth-order valence-corrected chi connectivity index (χ4v) is 6.22. The average molecular weight is 384 g/mol. The Morgan fingerprint density at radius 1 is 1.37 bits per heavy atom. The fourth-order valence-electron chi connectivity index (χ4n) is 5.29. The van der Waals surface area contributed by atoms with E-state index in [0.717, 1.165) is 32.5 Å². The molecule has 2 aromatic heterocycles. The van der Waals surface area contributed by atoms with E-state index in [1.54, 1.807) is 24.5 Å². The highest BCUT2D eigenvalue weighted by molar-refractivity contribution is 7.11. The number of hydrogen-bond acceptors (Lipinski definition) is 5. The van der Waals surface area contributed by atoms with Crippen molar-refractivity contribution in [2.24, 2.45) is 11.8 Å². The predicted molar refractivity (Wildman–Crippen MR) is 105 cm³/mol. The summed E-state index contributed by atoms with van der Waals surface area (Å²) in [7, 11) is 0. The smallest absolute Gasteiger partial charge is 0.251 e. The first kappa shape index (κ1) is 17.3. The number of ether oxygens (including phenoxy) is 1. The minimum absolute atomic E-state index is 0.0156. The fraction of sp³-hybridized carbons (Fsp3) is 0.524. The minimum atomic E-state index is -0.0156. The van der Waals surface area contributed by atoms with Gasteiger partial charge in [-0.1, -0.05) is 0 Å². The molecule has 5 nitrogen and oxygen atoms in total. The molecule has 0 radical (unpaired) electrons. The number of carbonyl (C=O) groups is 1. The van der Waals surface area contributed by atoms with Gasteiger partial charge in [-0.05, 0) is 44.0 Å². The molecule has 0 aliphatic carbocycles.